The standard InChI is InChI=1S/C18H24O9S/c1-10-5-7-12(8-6-10)28(21,22)23-9-13(20)14-15(24-11(2)19)16-17(25-14)27-18(3,4)26-16/h5-8,13-17,20H,9H2,1-4H3/t13-,14-,15+,16-,17-/m1/s1. The van der Waals surface area contributed by atoms with Crippen molar-refractivity contribution in [3.8, 4) is 0 Å². The molecular formula is C18H24O9S. The van der Waals surface area contributed by atoms with E-state index in [4.69, 9.17) is 23.1 Å². The average Bonchev–Trinajstić information content (AvgIpc) is 3.06. The number of aliphatic hydroxyl groups excluding tert-OH is 1. The Hall–Kier alpha value is -1.56. The molecule has 2 fully saturated rings. The van der Waals surface area contributed by atoms with Crippen LogP contribution in [0.15, 0.2) is 29.2 Å². The molecule has 0 amide bonds. The summed E-state index contributed by atoms with van der Waals surface area (Å²) in [6, 6.07) is 6.11. The minimum absolute atomic E-state index is 0.0283. The van der Waals surface area contributed by atoms with Crippen molar-refractivity contribution < 1.29 is 41.4 Å². The largest absolute Gasteiger partial charge is 0.457 e. The van der Waals surface area contributed by atoms with E-state index in [1.165, 1.54) is 19.1 Å². The fourth-order valence-electron chi connectivity index (χ4n) is 3.17. The maximum absolute atomic E-state index is 12.3. The van der Waals surface area contributed by atoms with Crippen molar-refractivity contribution in [1.29, 1.82) is 0 Å². The Morgan fingerprint density at radius 3 is 2.50 bits per heavy atom. The number of hydrogen-bond donors (Lipinski definition) is 1. The zero-order chi connectivity index (χ0) is 20.7. The lowest BCUT2D eigenvalue weighted by Crippen LogP contribution is -2.45. The third-order valence-corrected chi connectivity index (χ3v) is 5.71. The van der Waals surface area contributed by atoms with Gasteiger partial charge in [0.05, 0.1) is 11.5 Å². The van der Waals surface area contributed by atoms with Gasteiger partial charge >= 0.3 is 5.97 Å². The summed E-state index contributed by atoms with van der Waals surface area (Å²) in [5.74, 6) is -1.53. The first-order chi connectivity index (χ1) is 13.0. The molecule has 2 aliphatic rings. The van der Waals surface area contributed by atoms with Gasteiger partial charge in [-0.1, -0.05) is 17.7 Å². The smallest absolute Gasteiger partial charge is 0.303 e. The van der Waals surface area contributed by atoms with E-state index < -0.39 is 59.2 Å². The summed E-state index contributed by atoms with van der Waals surface area (Å²) in [6.07, 6.45) is -5.03. The SMILES string of the molecule is CC(=O)O[C@@H]1[C@H]2OC(C)(C)O[C@H]2O[C@@H]1[C@H](O)COS(=O)(=O)c1ccc(C)cc1. The second-order valence-electron chi connectivity index (χ2n) is 7.26. The van der Waals surface area contributed by atoms with Crippen LogP contribution in [0.4, 0.5) is 0 Å². The van der Waals surface area contributed by atoms with Gasteiger partial charge in [-0.25, -0.2) is 0 Å². The molecule has 2 saturated heterocycles. The Kier molecular flexibility index (Phi) is 5.81. The number of hydrogen-bond acceptors (Lipinski definition) is 9. The van der Waals surface area contributed by atoms with Gasteiger partial charge in [-0.3, -0.25) is 8.98 Å². The lowest BCUT2D eigenvalue weighted by molar-refractivity contribution is -0.230. The Balaban J connectivity index is 1.68. The normalized spacial score (nSPS) is 30.0. The number of rotatable bonds is 6. The van der Waals surface area contributed by atoms with Crippen LogP contribution in [-0.4, -0.2) is 62.6 Å². The molecule has 5 atom stereocenters. The average molecular weight is 416 g/mol. The van der Waals surface area contributed by atoms with Gasteiger partial charge in [0.2, 0.25) is 0 Å². The molecule has 0 aliphatic carbocycles. The molecule has 0 radical (unpaired) electrons. The van der Waals surface area contributed by atoms with E-state index in [1.54, 1.807) is 26.0 Å². The van der Waals surface area contributed by atoms with Crippen LogP contribution in [0.5, 0.6) is 0 Å². The maximum Gasteiger partial charge on any atom is 0.303 e. The van der Waals surface area contributed by atoms with E-state index in [0.29, 0.717) is 0 Å². The Morgan fingerprint density at radius 2 is 1.89 bits per heavy atom. The van der Waals surface area contributed by atoms with E-state index >= 15 is 0 Å². The molecule has 2 aliphatic heterocycles. The molecule has 1 N–H and O–H groups in total. The number of carbonyl (C=O) groups excluding carboxylic acids is 1. The van der Waals surface area contributed by atoms with Gasteiger partial charge < -0.3 is 24.1 Å². The summed E-state index contributed by atoms with van der Waals surface area (Å²) >= 11 is 0. The Morgan fingerprint density at radius 1 is 1.25 bits per heavy atom. The molecule has 3 rings (SSSR count). The van der Waals surface area contributed by atoms with Crippen molar-refractivity contribution in [2.45, 2.75) is 69.1 Å². The molecule has 0 spiro atoms. The second kappa shape index (κ2) is 7.69. The van der Waals surface area contributed by atoms with Crippen LogP contribution in [0, 0.1) is 6.92 Å². The molecule has 1 aromatic rings. The number of fused-ring (bicyclic) bond motifs is 1. The van der Waals surface area contributed by atoms with Gasteiger partial charge in [0.25, 0.3) is 10.1 Å². The minimum Gasteiger partial charge on any atom is -0.457 e. The fraction of sp³-hybridized carbons (Fsp3) is 0.611. The maximum atomic E-state index is 12.3. The molecule has 156 valence electrons. The molecule has 0 saturated carbocycles. The summed E-state index contributed by atoms with van der Waals surface area (Å²) < 4.78 is 51.7. The summed E-state index contributed by atoms with van der Waals surface area (Å²) in [5, 5.41) is 10.5. The van der Waals surface area contributed by atoms with E-state index in [2.05, 4.69) is 0 Å². The van der Waals surface area contributed by atoms with E-state index in [-0.39, 0.29) is 4.90 Å². The van der Waals surface area contributed by atoms with Crippen LogP contribution in [0.2, 0.25) is 0 Å². The topological polar surface area (TPSA) is 118 Å². The summed E-state index contributed by atoms with van der Waals surface area (Å²) in [5.41, 5.74) is 0.900. The van der Waals surface area contributed by atoms with Crippen molar-refractivity contribution in [2.75, 3.05) is 6.61 Å². The number of esters is 1. The molecular weight excluding hydrogens is 392 g/mol. The van der Waals surface area contributed by atoms with Gasteiger partial charge in [-0.2, -0.15) is 8.42 Å². The van der Waals surface area contributed by atoms with Gasteiger partial charge in [0.15, 0.2) is 24.3 Å². The molecule has 1 aromatic carbocycles. The predicted molar refractivity (Wildman–Crippen MR) is 94.6 cm³/mol. The first-order valence-corrected chi connectivity index (χ1v) is 10.2. The van der Waals surface area contributed by atoms with Crippen molar-refractivity contribution in [1.82, 2.24) is 0 Å². The van der Waals surface area contributed by atoms with Crippen molar-refractivity contribution in [2.24, 2.45) is 0 Å². The highest BCUT2D eigenvalue weighted by Crippen LogP contribution is 2.39. The van der Waals surface area contributed by atoms with Gasteiger partial charge in [-0.05, 0) is 32.9 Å². The van der Waals surface area contributed by atoms with Crippen LogP contribution < -0.4 is 0 Å². The lowest BCUT2D eigenvalue weighted by Gasteiger charge is -2.27. The molecule has 0 bridgehead atoms. The fourth-order valence-corrected chi connectivity index (χ4v) is 4.09. The minimum atomic E-state index is -4.07. The summed E-state index contributed by atoms with van der Waals surface area (Å²) in [4.78, 5) is 11.4. The van der Waals surface area contributed by atoms with E-state index in [9.17, 15) is 18.3 Å². The number of benzene rings is 1. The van der Waals surface area contributed by atoms with Crippen LogP contribution in [0.25, 0.3) is 0 Å². The quantitative estimate of drug-likeness (QED) is 0.532. The number of aliphatic hydroxyl groups is 1. The Bertz CT molecular complexity index is 818. The van der Waals surface area contributed by atoms with Crippen LogP contribution >= 0.6 is 0 Å². The first-order valence-electron chi connectivity index (χ1n) is 8.81. The Labute approximate surface area is 163 Å². The number of aryl methyl sites for hydroxylation is 1. The van der Waals surface area contributed by atoms with Crippen molar-refractivity contribution in [3.05, 3.63) is 29.8 Å². The highest BCUT2D eigenvalue weighted by atomic mass is 32.2. The monoisotopic (exact) mass is 416 g/mol. The van der Waals surface area contributed by atoms with Gasteiger partial charge in [0, 0.05) is 6.92 Å². The number of carbonyl (C=O) groups is 1. The van der Waals surface area contributed by atoms with Crippen LogP contribution in [0.3, 0.4) is 0 Å². The predicted octanol–water partition coefficient (Wildman–Crippen LogP) is 0.869. The highest BCUT2D eigenvalue weighted by molar-refractivity contribution is 7.86. The zero-order valence-corrected chi connectivity index (χ0v) is 16.8. The third-order valence-electron chi connectivity index (χ3n) is 4.41. The molecule has 2 heterocycles. The second-order valence-corrected chi connectivity index (χ2v) is 8.88. The molecule has 9 nitrogen and oxygen atoms in total. The van der Waals surface area contributed by atoms with E-state index in [1.807, 2.05) is 6.92 Å². The van der Waals surface area contributed by atoms with Gasteiger partial charge in [-0.15, -0.1) is 0 Å². The lowest BCUT2D eigenvalue weighted by atomic mass is 10.1. The molecule has 0 aromatic heterocycles. The van der Waals surface area contributed by atoms with Crippen molar-refractivity contribution >= 4 is 16.1 Å². The summed E-state index contributed by atoms with van der Waals surface area (Å²) in [7, 11) is -4.07. The summed E-state index contributed by atoms with van der Waals surface area (Å²) in [6.45, 7) is 5.83. The number of ether oxygens (including phenoxy) is 4. The van der Waals surface area contributed by atoms with Gasteiger partial charge in [0.1, 0.15) is 12.2 Å². The van der Waals surface area contributed by atoms with Crippen LogP contribution in [-0.2, 0) is 38.0 Å². The first kappa shape index (κ1) is 21.2. The van der Waals surface area contributed by atoms with Crippen LogP contribution in [0.1, 0.15) is 26.3 Å². The third kappa shape index (κ3) is 4.53. The molecule has 0 unspecified atom stereocenters. The highest BCUT2D eigenvalue weighted by Gasteiger charge is 2.58. The van der Waals surface area contributed by atoms with Crippen molar-refractivity contribution in [3.63, 3.8) is 0 Å². The van der Waals surface area contributed by atoms with E-state index in [0.717, 1.165) is 5.56 Å². The zero-order valence-electron chi connectivity index (χ0n) is 16.0. The molecule has 10 heteroatoms. The molecule has 28 heavy (non-hydrogen) atoms.